The largest absolute Gasteiger partial charge is 0.355 e. The summed E-state index contributed by atoms with van der Waals surface area (Å²) in [4.78, 5) is 11.4. The van der Waals surface area contributed by atoms with Gasteiger partial charge in [0.2, 0.25) is 5.91 Å². The summed E-state index contributed by atoms with van der Waals surface area (Å²) in [6, 6.07) is 6.82. The molecule has 0 radical (unpaired) electrons. The van der Waals surface area contributed by atoms with Crippen LogP contribution in [0.1, 0.15) is 43.5 Å². The number of hydrogen-bond donors (Lipinski definition) is 2. The summed E-state index contributed by atoms with van der Waals surface area (Å²) in [5.41, 5.74) is 3.92. The molecule has 1 amide bonds. The predicted molar refractivity (Wildman–Crippen MR) is 80.2 cm³/mol. The van der Waals surface area contributed by atoms with Gasteiger partial charge >= 0.3 is 0 Å². The topological polar surface area (TPSA) is 41.1 Å². The normalized spacial score (nSPS) is 12.5. The van der Waals surface area contributed by atoms with Crippen molar-refractivity contribution in [3.05, 3.63) is 34.9 Å². The van der Waals surface area contributed by atoms with Crippen LogP contribution >= 0.6 is 0 Å². The van der Waals surface area contributed by atoms with Gasteiger partial charge in [-0.2, -0.15) is 0 Å². The van der Waals surface area contributed by atoms with Crippen molar-refractivity contribution in [1.29, 1.82) is 0 Å². The Labute approximate surface area is 116 Å². The Hall–Kier alpha value is -1.35. The van der Waals surface area contributed by atoms with Crippen molar-refractivity contribution in [1.82, 2.24) is 10.6 Å². The lowest BCUT2D eigenvalue weighted by atomic mass is 10.0. The molecule has 0 fully saturated rings. The Morgan fingerprint density at radius 1 is 1.16 bits per heavy atom. The van der Waals surface area contributed by atoms with Gasteiger partial charge in [-0.1, -0.05) is 37.6 Å². The highest BCUT2D eigenvalue weighted by Gasteiger charge is 2.08. The summed E-state index contributed by atoms with van der Waals surface area (Å²) in [5.74, 6) is 0.165. The number of nitrogens with one attached hydrogen (secondary N) is 2. The Morgan fingerprint density at radius 2 is 1.84 bits per heavy atom. The third kappa shape index (κ3) is 5.03. The minimum Gasteiger partial charge on any atom is -0.355 e. The molecule has 19 heavy (non-hydrogen) atoms. The Kier molecular flexibility index (Phi) is 6.03. The highest BCUT2D eigenvalue weighted by molar-refractivity contribution is 5.77. The quantitative estimate of drug-likeness (QED) is 0.774. The molecule has 0 bridgehead atoms. The first-order valence-corrected chi connectivity index (χ1v) is 7.00. The molecule has 3 heteroatoms. The van der Waals surface area contributed by atoms with Crippen LogP contribution < -0.4 is 10.6 Å². The van der Waals surface area contributed by atoms with Crippen LogP contribution in [-0.4, -0.2) is 19.0 Å². The molecule has 2 N–H and O–H groups in total. The van der Waals surface area contributed by atoms with Gasteiger partial charge in [0.15, 0.2) is 0 Å². The fraction of sp³-hybridized carbons (Fsp3) is 0.562. The molecule has 1 aromatic carbocycles. The van der Waals surface area contributed by atoms with E-state index in [9.17, 15) is 4.79 Å². The van der Waals surface area contributed by atoms with Gasteiger partial charge in [0.1, 0.15) is 0 Å². The van der Waals surface area contributed by atoms with Gasteiger partial charge in [-0.15, -0.1) is 0 Å². The molecule has 0 saturated heterocycles. The van der Waals surface area contributed by atoms with E-state index in [-0.39, 0.29) is 11.8 Å². The molecule has 1 rings (SSSR count). The first-order valence-electron chi connectivity index (χ1n) is 7.00. The van der Waals surface area contributed by atoms with Crippen LogP contribution in [0.4, 0.5) is 0 Å². The zero-order valence-corrected chi connectivity index (χ0v) is 12.7. The zero-order chi connectivity index (χ0) is 14.4. The number of hydrogen-bond acceptors (Lipinski definition) is 2. The summed E-state index contributed by atoms with van der Waals surface area (Å²) >= 11 is 0. The summed E-state index contributed by atoms with van der Waals surface area (Å²) in [7, 11) is 0. The van der Waals surface area contributed by atoms with Crippen molar-refractivity contribution in [3.63, 3.8) is 0 Å². The van der Waals surface area contributed by atoms with E-state index in [4.69, 9.17) is 0 Å². The third-order valence-electron chi connectivity index (χ3n) is 3.29. The lowest BCUT2D eigenvalue weighted by Crippen LogP contribution is -2.35. The maximum absolute atomic E-state index is 11.4. The van der Waals surface area contributed by atoms with Crippen LogP contribution in [0.5, 0.6) is 0 Å². The Bertz CT molecular complexity index is 427. The number of amides is 1. The molecular weight excluding hydrogens is 236 g/mol. The van der Waals surface area contributed by atoms with Crippen LogP contribution in [-0.2, 0) is 4.79 Å². The lowest BCUT2D eigenvalue weighted by molar-refractivity contribution is -0.123. The van der Waals surface area contributed by atoms with Crippen LogP contribution in [0.3, 0.4) is 0 Å². The Morgan fingerprint density at radius 3 is 2.42 bits per heavy atom. The number of carbonyl (C=O) groups excluding carboxylic acids is 1. The zero-order valence-electron chi connectivity index (χ0n) is 12.7. The van der Waals surface area contributed by atoms with Crippen molar-refractivity contribution < 1.29 is 4.79 Å². The second-order valence-electron chi connectivity index (χ2n) is 5.48. The number of carbonyl (C=O) groups is 1. The van der Waals surface area contributed by atoms with Gasteiger partial charge in [0, 0.05) is 25.0 Å². The van der Waals surface area contributed by atoms with Crippen LogP contribution in [0.15, 0.2) is 18.2 Å². The molecule has 1 atom stereocenters. The highest BCUT2D eigenvalue weighted by atomic mass is 16.1. The second kappa shape index (κ2) is 7.29. The Balaban J connectivity index is 2.39. The molecule has 0 spiro atoms. The molecule has 0 saturated carbocycles. The van der Waals surface area contributed by atoms with E-state index >= 15 is 0 Å². The number of rotatable bonds is 6. The highest BCUT2D eigenvalue weighted by Crippen LogP contribution is 2.18. The van der Waals surface area contributed by atoms with Crippen molar-refractivity contribution >= 4 is 5.91 Å². The van der Waals surface area contributed by atoms with Crippen LogP contribution in [0.2, 0.25) is 0 Å². The van der Waals surface area contributed by atoms with Crippen molar-refractivity contribution in [2.75, 3.05) is 13.1 Å². The third-order valence-corrected chi connectivity index (χ3v) is 3.29. The molecule has 0 aliphatic carbocycles. The summed E-state index contributed by atoms with van der Waals surface area (Å²) in [6.45, 7) is 11.7. The number of aryl methyl sites for hydroxylation is 2. The monoisotopic (exact) mass is 262 g/mol. The van der Waals surface area contributed by atoms with Gasteiger partial charge in [-0.25, -0.2) is 0 Å². The molecule has 0 aliphatic rings. The van der Waals surface area contributed by atoms with Gasteiger partial charge < -0.3 is 10.6 Å². The fourth-order valence-corrected chi connectivity index (χ4v) is 2.10. The van der Waals surface area contributed by atoms with E-state index in [0.717, 1.165) is 6.54 Å². The maximum Gasteiger partial charge on any atom is 0.222 e. The van der Waals surface area contributed by atoms with E-state index in [1.807, 2.05) is 13.8 Å². The molecule has 106 valence electrons. The van der Waals surface area contributed by atoms with Gasteiger partial charge in [0.25, 0.3) is 0 Å². The summed E-state index contributed by atoms with van der Waals surface area (Å²) in [5, 5.41) is 6.35. The first-order chi connectivity index (χ1) is 8.91. The predicted octanol–water partition coefficient (Wildman–Crippen LogP) is 2.73. The lowest BCUT2D eigenvalue weighted by Gasteiger charge is -2.17. The van der Waals surface area contributed by atoms with Crippen molar-refractivity contribution in [2.24, 2.45) is 5.92 Å². The molecule has 0 heterocycles. The molecule has 1 unspecified atom stereocenters. The van der Waals surface area contributed by atoms with Crippen LogP contribution in [0, 0.1) is 19.8 Å². The summed E-state index contributed by atoms with van der Waals surface area (Å²) < 4.78 is 0. The van der Waals surface area contributed by atoms with Gasteiger partial charge in [-0.05, 0) is 31.9 Å². The van der Waals surface area contributed by atoms with Crippen LogP contribution in [0.25, 0.3) is 0 Å². The van der Waals surface area contributed by atoms with Gasteiger partial charge in [0.05, 0.1) is 0 Å². The standard InChI is InChI=1S/C16H26N2O/c1-11(2)16(19)18-9-8-17-14(5)15-7-6-12(3)10-13(15)4/h6-7,10-11,14,17H,8-9H2,1-5H3,(H,18,19). The molecule has 0 aliphatic heterocycles. The van der Waals surface area contributed by atoms with Crippen molar-refractivity contribution in [2.45, 2.75) is 40.7 Å². The minimum atomic E-state index is 0.0526. The van der Waals surface area contributed by atoms with E-state index < -0.39 is 0 Å². The van der Waals surface area contributed by atoms with Crippen molar-refractivity contribution in [3.8, 4) is 0 Å². The maximum atomic E-state index is 11.4. The van der Waals surface area contributed by atoms with E-state index in [1.54, 1.807) is 0 Å². The minimum absolute atomic E-state index is 0.0526. The fourth-order valence-electron chi connectivity index (χ4n) is 2.10. The van der Waals surface area contributed by atoms with E-state index in [0.29, 0.717) is 12.6 Å². The second-order valence-corrected chi connectivity index (χ2v) is 5.48. The van der Waals surface area contributed by atoms with E-state index in [1.165, 1.54) is 16.7 Å². The first kappa shape index (κ1) is 15.7. The molecule has 3 nitrogen and oxygen atoms in total. The molecule has 1 aromatic rings. The molecular formula is C16H26N2O. The van der Waals surface area contributed by atoms with E-state index in [2.05, 4.69) is 49.6 Å². The summed E-state index contributed by atoms with van der Waals surface area (Å²) in [6.07, 6.45) is 0. The molecule has 0 aromatic heterocycles. The average molecular weight is 262 g/mol. The SMILES string of the molecule is Cc1ccc(C(C)NCCNC(=O)C(C)C)c(C)c1. The smallest absolute Gasteiger partial charge is 0.222 e. The average Bonchev–Trinajstić information content (AvgIpc) is 2.33. The van der Waals surface area contributed by atoms with Gasteiger partial charge in [-0.3, -0.25) is 4.79 Å². The number of benzene rings is 1.